The van der Waals surface area contributed by atoms with Gasteiger partial charge in [-0.15, -0.1) is 11.6 Å². The van der Waals surface area contributed by atoms with Gasteiger partial charge in [0.05, 0.1) is 0 Å². The maximum Gasteiger partial charge on any atom is 0.240 e. The Morgan fingerprint density at radius 1 is 1.06 bits per heavy atom. The van der Waals surface area contributed by atoms with Crippen molar-refractivity contribution in [1.82, 2.24) is 4.90 Å². The lowest BCUT2D eigenvalue weighted by molar-refractivity contribution is -0.129. The molecule has 1 heterocycles. The van der Waals surface area contributed by atoms with Crippen LogP contribution in [0.25, 0.3) is 0 Å². The highest BCUT2D eigenvalue weighted by atomic mass is 35.5. The topological polar surface area (TPSA) is 20.3 Å². The van der Waals surface area contributed by atoms with Crippen LogP contribution in [-0.4, -0.2) is 29.3 Å². The molecule has 1 atom stereocenters. The second kappa shape index (κ2) is 9.66. The van der Waals surface area contributed by atoms with Crippen LogP contribution in [0.4, 0.5) is 0 Å². The summed E-state index contributed by atoms with van der Waals surface area (Å²) in [6.07, 6.45) is 12.1. The minimum Gasteiger partial charge on any atom is -0.341 e. The van der Waals surface area contributed by atoms with Gasteiger partial charge >= 0.3 is 0 Å². The van der Waals surface area contributed by atoms with Crippen molar-refractivity contribution in [3.63, 3.8) is 0 Å². The molecule has 0 radical (unpaired) electrons. The zero-order valence-electron chi connectivity index (χ0n) is 11.8. The van der Waals surface area contributed by atoms with E-state index in [1.165, 1.54) is 38.5 Å². The van der Waals surface area contributed by atoms with Crippen LogP contribution in [0.2, 0.25) is 0 Å². The molecule has 1 rings (SSSR count). The first-order chi connectivity index (χ1) is 8.75. The SMILES string of the molecule is CCCCCCCCCC(Cl)C(=O)N1CCCC1. The van der Waals surface area contributed by atoms with Gasteiger partial charge in [0.1, 0.15) is 5.38 Å². The number of nitrogens with zero attached hydrogens (tertiary/aromatic N) is 1. The van der Waals surface area contributed by atoms with Gasteiger partial charge < -0.3 is 4.90 Å². The summed E-state index contributed by atoms with van der Waals surface area (Å²) in [4.78, 5) is 13.9. The lowest BCUT2D eigenvalue weighted by Gasteiger charge is -2.18. The predicted molar refractivity (Wildman–Crippen MR) is 78.1 cm³/mol. The molecule has 1 fully saturated rings. The van der Waals surface area contributed by atoms with E-state index in [-0.39, 0.29) is 11.3 Å². The highest BCUT2D eigenvalue weighted by molar-refractivity contribution is 6.30. The predicted octanol–water partition coefficient (Wildman–Crippen LogP) is 4.36. The van der Waals surface area contributed by atoms with Gasteiger partial charge in [-0.3, -0.25) is 4.79 Å². The first-order valence-electron chi connectivity index (χ1n) is 7.68. The molecule has 1 saturated heterocycles. The van der Waals surface area contributed by atoms with Gasteiger partial charge in [-0.2, -0.15) is 0 Å². The second-order valence-electron chi connectivity index (χ2n) is 5.41. The summed E-state index contributed by atoms with van der Waals surface area (Å²) in [5.74, 6) is 0.167. The number of likely N-dealkylation sites (tertiary alicyclic amines) is 1. The third-order valence-corrected chi connectivity index (χ3v) is 4.15. The Hall–Kier alpha value is -0.240. The maximum absolute atomic E-state index is 11.9. The fraction of sp³-hybridized carbons (Fsp3) is 0.933. The number of hydrogen-bond donors (Lipinski definition) is 0. The number of amides is 1. The smallest absolute Gasteiger partial charge is 0.240 e. The summed E-state index contributed by atoms with van der Waals surface area (Å²) in [6, 6.07) is 0. The Bertz CT molecular complexity index is 227. The minimum atomic E-state index is -0.279. The average molecular weight is 274 g/mol. The fourth-order valence-electron chi connectivity index (χ4n) is 2.54. The summed E-state index contributed by atoms with van der Waals surface area (Å²) in [6.45, 7) is 4.07. The summed E-state index contributed by atoms with van der Waals surface area (Å²) >= 11 is 6.18. The van der Waals surface area contributed by atoms with Gasteiger partial charge in [-0.05, 0) is 19.3 Å². The van der Waals surface area contributed by atoms with Gasteiger partial charge in [0.15, 0.2) is 0 Å². The second-order valence-corrected chi connectivity index (χ2v) is 5.94. The molecule has 0 saturated carbocycles. The molecular weight excluding hydrogens is 246 g/mol. The van der Waals surface area contributed by atoms with Crippen molar-refractivity contribution in [2.45, 2.75) is 76.5 Å². The minimum absolute atomic E-state index is 0.167. The normalized spacial score (nSPS) is 17.1. The van der Waals surface area contributed by atoms with Gasteiger partial charge in [-0.1, -0.05) is 51.9 Å². The molecule has 3 heteroatoms. The van der Waals surface area contributed by atoms with Gasteiger partial charge in [0.25, 0.3) is 0 Å². The van der Waals surface area contributed by atoms with E-state index < -0.39 is 0 Å². The van der Waals surface area contributed by atoms with E-state index in [9.17, 15) is 4.79 Å². The molecule has 0 spiro atoms. The van der Waals surface area contributed by atoms with Crippen LogP contribution in [0.3, 0.4) is 0 Å². The van der Waals surface area contributed by atoms with E-state index in [4.69, 9.17) is 11.6 Å². The summed E-state index contributed by atoms with van der Waals surface area (Å²) in [7, 11) is 0. The molecule has 0 aromatic rings. The van der Waals surface area contributed by atoms with E-state index in [0.717, 1.165) is 38.8 Å². The first kappa shape index (κ1) is 15.8. The summed E-state index contributed by atoms with van der Waals surface area (Å²) in [5.41, 5.74) is 0. The lowest BCUT2D eigenvalue weighted by atomic mass is 10.1. The van der Waals surface area contributed by atoms with Crippen LogP contribution < -0.4 is 0 Å². The Morgan fingerprint density at radius 2 is 1.61 bits per heavy atom. The average Bonchev–Trinajstić information content (AvgIpc) is 2.90. The van der Waals surface area contributed by atoms with Crippen molar-refractivity contribution < 1.29 is 4.79 Å². The lowest BCUT2D eigenvalue weighted by Crippen LogP contribution is -2.34. The van der Waals surface area contributed by atoms with Gasteiger partial charge in [-0.25, -0.2) is 0 Å². The molecule has 18 heavy (non-hydrogen) atoms. The maximum atomic E-state index is 11.9. The highest BCUT2D eigenvalue weighted by Gasteiger charge is 2.24. The van der Waals surface area contributed by atoms with Crippen molar-refractivity contribution in [3.8, 4) is 0 Å². The standard InChI is InChI=1S/C15H28ClNO/c1-2-3-4-5-6-7-8-11-14(16)15(18)17-12-9-10-13-17/h14H,2-13H2,1H3. The molecule has 0 aliphatic carbocycles. The zero-order chi connectivity index (χ0) is 13.2. The highest BCUT2D eigenvalue weighted by Crippen LogP contribution is 2.17. The molecule has 2 nitrogen and oxygen atoms in total. The van der Waals surface area contributed by atoms with E-state index in [0.29, 0.717) is 0 Å². The third-order valence-electron chi connectivity index (χ3n) is 3.75. The number of halogens is 1. The molecule has 1 aliphatic rings. The molecule has 0 aromatic heterocycles. The van der Waals surface area contributed by atoms with Crippen molar-refractivity contribution >= 4 is 17.5 Å². The van der Waals surface area contributed by atoms with E-state index in [1.807, 2.05) is 4.90 Å². The fourth-order valence-corrected chi connectivity index (χ4v) is 2.83. The number of alkyl halides is 1. The van der Waals surface area contributed by atoms with Gasteiger partial charge in [0.2, 0.25) is 5.91 Å². The Labute approximate surface area is 117 Å². The van der Waals surface area contributed by atoms with Crippen LogP contribution in [0.15, 0.2) is 0 Å². The van der Waals surface area contributed by atoms with Crippen molar-refractivity contribution in [1.29, 1.82) is 0 Å². The molecule has 0 aromatic carbocycles. The van der Waals surface area contributed by atoms with E-state index in [1.54, 1.807) is 0 Å². The first-order valence-corrected chi connectivity index (χ1v) is 8.12. The number of carbonyl (C=O) groups excluding carboxylic acids is 1. The van der Waals surface area contributed by atoms with E-state index >= 15 is 0 Å². The zero-order valence-corrected chi connectivity index (χ0v) is 12.6. The Morgan fingerprint density at radius 3 is 2.22 bits per heavy atom. The van der Waals surface area contributed by atoms with Gasteiger partial charge in [0, 0.05) is 13.1 Å². The monoisotopic (exact) mass is 273 g/mol. The van der Waals surface area contributed by atoms with E-state index in [2.05, 4.69) is 6.92 Å². The molecule has 0 N–H and O–H groups in total. The molecule has 0 bridgehead atoms. The van der Waals surface area contributed by atoms with Crippen molar-refractivity contribution in [2.75, 3.05) is 13.1 Å². The van der Waals surface area contributed by atoms with Crippen LogP contribution in [0, 0.1) is 0 Å². The quantitative estimate of drug-likeness (QED) is 0.452. The Kier molecular flexibility index (Phi) is 8.49. The molecular formula is C15H28ClNO. The van der Waals surface area contributed by atoms with Crippen LogP contribution in [0.1, 0.15) is 71.1 Å². The number of unbranched alkanes of at least 4 members (excludes halogenated alkanes) is 6. The van der Waals surface area contributed by atoms with Crippen molar-refractivity contribution in [2.24, 2.45) is 0 Å². The third kappa shape index (κ3) is 6.08. The van der Waals surface area contributed by atoms with Crippen LogP contribution >= 0.6 is 11.6 Å². The summed E-state index contributed by atoms with van der Waals surface area (Å²) < 4.78 is 0. The molecule has 1 amide bonds. The molecule has 106 valence electrons. The number of rotatable bonds is 9. The van der Waals surface area contributed by atoms with Crippen molar-refractivity contribution in [3.05, 3.63) is 0 Å². The number of hydrogen-bond acceptors (Lipinski definition) is 1. The Balaban J connectivity index is 1.99. The number of carbonyl (C=O) groups is 1. The molecule has 1 aliphatic heterocycles. The van der Waals surface area contributed by atoms with Crippen LogP contribution in [-0.2, 0) is 4.79 Å². The van der Waals surface area contributed by atoms with Crippen LogP contribution in [0.5, 0.6) is 0 Å². The summed E-state index contributed by atoms with van der Waals surface area (Å²) in [5, 5.41) is -0.279. The molecule has 1 unspecified atom stereocenters. The largest absolute Gasteiger partial charge is 0.341 e.